The highest BCUT2D eigenvalue weighted by Gasteiger charge is 2.26. The van der Waals surface area contributed by atoms with E-state index in [1.54, 1.807) is 37.6 Å². The van der Waals surface area contributed by atoms with Gasteiger partial charge in [0.05, 0.1) is 13.0 Å². The molecule has 9 nitrogen and oxygen atoms in total. The van der Waals surface area contributed by atoms with E-state index in [-0.39, 0.29) is 17.7 Å². The third-order valence-electron chi connectivity index (χ3n) is 5.94. The Kier molecular flexibility index (Phi) is 7.69. The first-order chi connectivity index (χ1) is 16.9. The van der Waals surface area contributed by atoms with Gasteiger partial charge in [-0.25, -0.2) is 4.98 Å². The standard InChI is InChI=1S/C26H30N6O3/c1-17(26(34)29-24-15-22(30-31-24)18-9-10-18)19-6-4-7-20(14-19)21-11-12-23(27-16-21)28-25(33)8-5-13-32(2)35-3/h4-8,11-12,14-18H,9-10,13H2,1-3H3,(H,27,28,33)(H2,29,30,31,34). The van der Waals surface area contributed by atoms with E-state index >= 15 is 0 Å². The molecule has 0 spiro atoms. The molecule has 4 rings (SSSR count). The predicted molar refractivity (Wildman–Crippen MR) is 135 cm³/mol. The van der Waals surface area contributed by atoms with Gasteiger partial charge in [0.15, 0.2) is 5.82 Å². The van der Waals surface area contributed by atoms with Gasteiger partial charge in [0.2, 0.25) is 11.8 Å². The summed E-state index contributed by atoms with van der Waals surface area (Å²) in [6.45, 7) is 2.37. The van der Waals surface area contributed by atoms with Crippen molar-refractivity contribution < 1.29 is 14.4 Å². The molecule has 182 valence electrons. The predicted octanol–water partition coefficient (Wildman–Crippen LogP) is 4.08. The summed E-state index contributed by atoms with van der Waals surface area (Å²) in [5.74, 6) is 0.829. The van der Waals surface area contributed by atoms with Gasteiger partial charge in [-0.15, -0.1) is 0 Å². The van der Waals surface area contributed by atoms with Gasteiger partial charge < -0.3 is 15.5 Å². The molecule has 0 aliphatic heterocycles. The third-order valence-corrected chi connectivity index (χ3v) is 5.94. The molecule has 1 aromatic carbocycles. The van der Waals surface area contributed by atoms with E-state index in [0.717, 1.165) is 22.4 Å². The minimum Gasteiger partial charge on any atom is -0.309 e. The van der Waals surface area contributed by atoms with Crippen molar-refractivity contribution in [2.24, 2.45) is 0 Å². The number of amides is 2. The minimum atomic E-state index is -0.355. The van der Waals surface area contributed by atoms with Crippen LogP contribution < -0.4 is 10.6 Å². The van der Waals surface area contributed by atoms with Crippen LogP contribution in [-0.2, 0) is 14.4 Å². The molecule has 1 aliphatic carbocycles. The van der Waals surface area contributed by atoms with Crippen molar-refractivity contribution in [1.82, 2.24) is 20.2 Å². The summed E-state index contributed by atoms with van der Waals surface area (Å²) in [4.78, 5) is 34.2. The summed E-state index contributed by atoms with van der Waals surface area (Å²) in [5, 5.41) is 14.4. The second-order valence-electron chi connectivity index (χ2n) is 8.64. The zero-order chi connectivity index (χ0) is 24.8. The van der Waals surface area contributed by atoms with Crippen LogP contribution in [0.15, 0.2) is 60.8 Å². The first-order valence-electron chi connectivity index (χ1n) is 11.6. The summed E-state index contributed by atoms with van der Waals surface area (Å²) in [6.07, 6.45) is 7.19. The number of rotatable bonds is 10. The van der Waals surface area contributed by atoms with Gasteiger partial charge in [0.1, 0.15) is 5.82 Å². The molecule has 1 fully saturated rings. The molecule has 35 heavy (non-hydrogen) atoms. The van der Waals surface area contributed by atoms with Gasteiger partial charge in [-0.2, -0.15) is 10.2 Å². The fourth-order valence-electron chi connectivity index (χ4n) is 3.57. The van der Waals surface area contributed by atoms with Gasteiger partial charge in [-0.1, -0.05) is 30.3 Å². The lowest BCUT2D eigenvalue weighted by atomic mass is 9.96. The second kappa shape index (κ2) is 11.1. The molecule has 0 bridgehead atoms. The van der Waals surface area contributed by atoms with Crippen molar-refractivity contribution in [3.05, 3.63) is 72.1 Å². The quantitative estimate of drug-likeness (QED) is 0.302. The maximum Gasteiger partial charge on any atom is 0.249 e. The summed E-state index contributed by atoms with van der Waals surface area (Å²) < 4.78 is 0. The SMILES string of the molecule is CON(C)CC=CC(=O)Nc1ccc(-c2cccc(C(C)C(=O)Nc3cc(C4CC4)[nH]n3)c2)cn1. The zero-order valence-corrected chi connectivity index (χ0v) is 20.1. The van der Waals surface area contributed by atoms with Gasteiger partial charge in [-0.3, -0.25) is 14.7 Å². The number of hydrogen-bond acceptors (Lipinski definition) is 6. The van der Waals surface area contributed by atoms with E-state index in [1.807, 2.05) is 43.3 Å². The lowest BCUT2D eigenvalue weighted by Gasteiger charge is -2.13. The summed E-state index contributed by atoms with van der Waals surface area (Å²) in [7, 11) is 3.34. The van der Waals surface area contributed by atoms with Crippen LogP contribution in [0.4, 0.5) is 11.6 Å². The fourth-order valence-corrected chi connectivity index (χ4v) is 3.57. The topological polar surface area (TPSA) is 112 Å². The second-order valence-corrected chi connectivity index (χ2v) is 8.64. The number of nitrogens with zero attached hydrogens (tertiary/aromatic N) is 3. The number of hydroxylamine groups is 2. The maximum absolute atomic E-state index is 12.8. The normalized spacial score (nSPS) is 14.3. The molecule has 0 saturated heterocycles. The summed E-state index contributed by atoms with van der Waals surface area (Å²) in [5.41, 5.74) is 3.79. The number of H-pyrrole nitrogens is 1. The van der Waals surface area contributed by atoms with Crippen LogP contribution in [0.1, 0.15) is 42.9 Å². The molecule has 3 aromatic rings. The Morgan fingerprint density at radius 3 is 2.71 bits per heavy atom. The van der Waals surface area contributed by atoms with E-state index in [9.17, 15) is 9.59 Å². The largest absolute Gasteiger partial charge is 0.309 e. The Balaban J connectivity index is 1.36. The first kappa shape index (κ1) is 24.3. The minimum absolute atomic E-state index is 0.114. The number of aromatic amines is 1. The summed E-state index contributed by atoms with van der Waals surface area (Å²) in [6, 6.07) is 13.4. The average molecular weight is 475 g/mol. The maximum atomic E-state index is 12.8. The van der Waals surface area contributed by atoms with Gasteiger partial charge in [0.25, 0.3) is 0 Å². The summed E-state index contributed by atoms with van der Waals surface area (Å²) >= 11 is 0. The van der Waals surface area contributed by atoms with E-state index < -0.39 is 0 Å². The number of anilines is 2. The van der Waals surface area contributed by atoms with E-state index in [4.69, 9.17) is 4.84 Å². The number of benzene rings is 1. The molecule has 2 heterocycles. The molecule has 1 atom stereocenters. The van der Waals surface area contributed by atoms with Crippen LogP contribution in [0.25, 0.3) is 11.1 Å². The van der Waals surface area contributed by atoms with E-state index in [1.165, 1.54) is 18.9 Å². The number of carbonyl (C=O) groups is 2. The van der Waals surface area contributed by atoms with Crippen molar-refractivity contribution in [3.8, 4) is 11.1 Å². The van der Waals surface area contributed by atoms with E-state index in [0.29, 0.717) is 24.1 Å². The van der Waals surface area contributed by atoms with Gasteiger partial charge in [0, 0.05) is 49.1 Å². The molecule has 1 saturated carbocycles. The highest BCUT2D eigenvalue weighted by Crippen LogP contribution is 2.39. The third kappa shape index (κ3) is 6.62. The van der Waals surface area contributed by atoms with Crippen LogP contribution in [0.2, 0.25) is 0 Å². The van der Waals surface area contributed by atoms with Gasteiger partial charge >= 0.3 is 0 Å². The van der Waals surface area contributed by atoms with Crippen LogP contribution in [0.5, 0.6) is 0 Å². The first-order valence-corrected chi connectivity index (χ1v) is 11.6. The molecule has 2 aromatic heterocycles. The molecule has 1 aliphatic rings. The lowest BCUT2D eigenvalue weighted by molar-refractivity contribution is -0.117. The smallest absolute Gasteiger partial charge is 0.249 e. The van der Waals surface area contributed by atoms with Crippen molar-refractivity contribution in [3.63, 3.8) is 0 Å². The Bertz CT molecular complexity index is 1200. The molecular formula is C26H30N6O3. The lowest BCUT2D eigenvalue weighted by Crippen LogP contribution is -2.19. The molecular weight excluding hydrogens is 444 g/mol. The van der Waals surface area contributed by atoms with Crippen LogP contribution in [0.3, 0.4) is 0 Å². The van der Waals surface area contributed by atoms with Crippen LogP contribution in [-0.4, -0.2) is 52.8 Å². The molecule has 0 radical (unpaired) electrons. The van der Waals surface area contributed by atoms with E-state index in [2.05, 4.69) is 25.8 Å². The van der Waals surface area contributed by atoms with Crippen molar-refractivity contribution in [2.75, 3.05) is 31.3 Å². The number of likely N-dealkylation sites (N-methyl/N-ethyl adjacent to an activating group) is 1. The zero-order valence-electron chi connectivity index (χ0n) is 20.1. The number of carbonyl (C=O) groups excluding carboxylic acids is 2. The Morgan fingerprint density at radius 2 is 2.00 bits per heavy atom. The molecule has 3 N–H and O–H groups in total. The molecule has 2 amide bonds. The Hall–Kier alpha value is -3.82. The number of pyridine rings is 1. The van der Waals surface area contributed by atoms with Gasteiger partial charge in [-0.05, 0) is 43.0 Å². The number of aromatic nitrogens is 3. The van der Waals surface area contributed by atoms with Crippen molar-refractivity contribution >= 4 is 23.5 Å². The Labute approximate surface area is 204 Å². The van der Waals surface area contributed by atoms with Crippen LogP contribution in [0, 0.1) is 0 Å². The number of hydrogen-bond donors (Lipinski definition) is 3. The van der Waals surface area contributed by atoms with Crippen molar-refractivity contribution in [2.45, 2.75) is 31.6 Å². The molecule has 1 unspecified atom stereocenters. The Morgan fingerprint density at radius 1 is 1.17 bits per heavy atom. The van der Waals surface area contributed by atoms with Crippen molar-refractivity contribution in [1.29, 1.82) is 0 Å². The van der Waals surface area contributed by atoms with Crippen LogP contribution >= 0.6 is 0 Å². The highest BCUT2D eigenvalue weighted by atomic mass is 16.7. The monoisotopic (exact) mass is 474 g/mol. The fraction of sp³-hybridized carbons (Fsp3) is 0.308. The average Bonchev–Trinajstić information content (AvgIpc) is 3.62. The molecule has 9 heteroatoms. The number of nitrogens with one attached hydrogen (secondary N) is 3. The highest BCUT2D eigenvalue weighted by molar-refractivity contribution is 5.98.